The van der Waals surface area contributed by atoms with Crippen molar-refractivity contribution in [2.75, 3.05) is 13.2 Å². The molecule has 31 heavy (non-hydrogen) atoms. The van der Waals surface area contributed by atoms with Crippen LogP contribution in [-0.4, -0.2) is 35.6 Å². The minimum atomic E-state index is -1.15. The van der Waals surface area contributed by atoms with Gasteiger partial charge >= 0.3 is 0 Å². The predicted molar refractivity (Wildman–Crippen MR) is 134 cm³/mol. The van der Waals surface area contributed by atoms with E-state index in [2.05, 4.69) is 53.1 Å². The molecule has 0 aliphatic carbocycles. The molecule has 1 saturated heterocycles. The molecule has 0 radical (unpaired) electrons. The summed E-state index contributed by atoms with van der Waals surface area (Å²) in [6.45, 7) is 8.99. The fourth-order valence-corrected chi connectivity index (χ4v) is 5.80. The molecule has 4 rings (SSSR count). The number of hydrogen-bond acceptors (Lipinski definition) is 3. The number of aromatic nitrogens is 3. The molecule has 0 bridgehead atoms. The van der Waals surface area contributed by atoms with Gasteiger partial charge < -0.3 is 14.0 Å². The van der Waals surface area contributed by atoms with Gasteiger partial charge in [0.25, 0.3) is 0 Å². The molecule has 0 amide bonds. The average Bonchev–Trinajstić information content (AvgIpc) is 3.35. The van der Waals surface area contributed by atoms with Crippen LogP contribution in [0.15, 0.2) is 29.1 Å². The number of halogens is 3. The van der Waals surface area contributed by atoms with Gasteiger partial charge in [-0.2, -0.15) is 5.10 Å². The van der Waals surface area contributed by atoms with Crippen molar-refractivity contribution in [3.8, 4) is 11.1 Å². The van der Waals surface area contributed by atoms with E-state index < -0.39 is 8.07 Å². The molecule has 0 saturated carbocycles. The lowest BCUT2D eigenvalue weighted by Gasteiger charge is -2.22. The van der Waals surface area contributed by atoms with Gasteiger partial charge in [-0.3, -0.25) is 0 Å². The third-order valence-electron chi connectivity index (χ3n) is 5.58. The van der Waals surface area contributed by atoms with E-state index in [9.17, 15) is 0 Å². The summed E-state index contributed by atoms with van der Waals surface area (Å²) < 4.78 is 16.8. The number of benzene rings is 1. The highest BCUT2D eigenvalue weighted by Crippen LogP contribution is 2.42. The van der Waals surface area contributed by atoms with Gasteiger partial charge in [0.1, 0.15) is 13.0 Å². The lowest BCUT2D eigenvalue weighted by atomic mass is 10.1. The van der Waals surface area contributed by atoms with Crippen molar-refractivity contribution in [1.82, 2.24) is 14.3 Å². The molecular weight excluding hydrogens is 517 g/mol. The van der Waals surface area contributed by atoms with Crippen molar-refractivity contribution >= 4 is 58.1 Å². The maximum absolute atomic E-state index is 6.65. The van der Waals surface area contributed by atoms with E-state index in [1.807, 2.05) is 21.5 Å². The SMILES string of the molecule is C[Si](C)(C)CCOCn1cc(-c2cnn(C3CCCCO3)c2)c2c(Br)cc(Cl)c(Cl)c21. The van der Waals surface area contributed by atoms with Crippen LogP contribution < -0.4 is 0 Å². The standard InChI is InChI=1S/C22H28BrCl2N3O2Si/c1-31(2,3)9-8-29-14-27-13-16(20-17(23)10-18(24)21(25)22(20)27)15-11-26-28(12-15)19-6-4-5-7-30-19/h10-13,19H,4-9,14H2,1-3H3. The predicted octanol–water partition coefficient (Wildman–Crippen LogP) is 7.59. The maximum Gasteiger partial charge on any atom is 0.150 e. The van der Waals surface area contributed by atoms with Gasteiger partial charge in [-0.05, 0) is 31.4 Å². The smallest absolute Gasteiger partial charge is 0.150 e. The van der Waals surface area contributed by atoms with Crippen LogP contribution in [0.25, 0.3) is 22.0 Å². The summed E-state index contributed by atoms with van der Waals surface area (Å²) >= 11 is 16.7. The fourth-order valence-electron chi connectivity index (χ4n) is 3.82. The van der Waals surface area contributed by atoms with Crippen LogP contribution in [-0.2, 0) is 16.2 Å². The third kappa shape index (κ3) is 5.23. The molecule has 1 atom stereocenters. The Morgan fingerprint density at radius 3 is 2.77 bits per heavy atom. The Labute approximate surface area is 202 Å². The first-order valence-corrected chi connectivity index (χ1v) is 15.9. The van der Waals surface area contributed by atoms with E-state index in [4.69, 9.17) is 32.7 Å². The van der Waals surface area contributed by atoms with Crippen LogP contribution >= 0.6 is 39.1 Å². The van der Waals surface area contributed by atoms with E-state index in [-0.39, 0.29) is 6.23 Å². The molecule has 1 aliphatic heterocycles. The fraction of sp³-hybridized carbons (Fsp3) is 0.500. The summed E-state index contributed by atoms with van der Waals surface area (Å²) in [4.78, 5) is 0. The second kappa shape index (κ2) is 9.57. The van der Waals surface area contributed by atoms with Crippen LogP contribution in [0.2, 0.25) is 35.7 Å². The molecule has 3 heterocycles. The first-order valence-electron chi connectivity index (χ1n) is 10.6. The molecule has 1 unspecified atom stereocenters. The first kappa shape index (κ1) is 23.3. The molecule has 0 spiro atoms. The molecule has 1 aromatic carbocycles. The average molecular weight is 545 g/mol. The van der Waals surface area contributed by atoms with Crippen LogP contribution in [0.3, 0.4) is 0 Å². The zero-order valence-corrected chi connectivity index (χ0v) is 22.2. The van der Waals surface area contributed by atoms with Crippen LogP contribution in [0.1, 0.15) is 25.5 Å². The van der Waals surface area contributed by atoms with Crippen molar-refractivity contribution < 1.29 is 9.47 Å². The normalized spacial score (nSPS) is 17.5. The van der Waals surface area contributed by atoms with Gasteiger partial charge in [-0.1, -0.05) is 58.8 Å². The summed E-state index contributed by atoms with van der Waals surface area (Å²) in [5.41, 5.74) is 2.92. The second-order valence-corrected chi connectivity index (χ2v) is 16.5. The van der Waals surface area contributed by atoms with Crippen LogP contribution in [0.5, 0.6) is 0 Å². The molecular formula is C22H28BrCl2N3O2Si. The molecule has 2 aromatic heterocycles. The Morgan fingerprint density at radius 2 is 2.06 bits per heavy atom. The molecule has 5 nitrogen and oxygen atoms in total. The van der Waals surface area contributed by atoms with E-state index in [0.29, 0.717) is 16.8 Å². The summed E-state index contributed by atoms with van der Waals surface area (Å²) in [7, 11) is -1.15. The minimum Gasteiger partial charge on any atom is -0.361 e. The number of hydrogen-bond donors (Lipinski definition) is 0. The van der Waals surface area contributed by atoms with Crippen LogP contribution in [0.4, 0.5) is 0 Å². The molecule has 0 N–H and O–H groups in total. The Balaban J connectivity index is 1.69. The highest BCUT2D eigenvalue weighted by atomic mass is 79.9. The highest BCUT2D eigenvalue weighted by Gasteiger charge is 2.22. The van der Waals surface area contributed by atoms with E-state index >= 15 is 0 Å². The van der Waals surface area contributed by atoms with Gasteiger partial charge in [0.2, 0.25) is 0 Å². The molecule has 3 aromatic rings. The number of ether oxygens (including phenoxy) is 2. The highest BCUT2D eigenvalue weighted by molar-refractivity contribution is 9.10. The summed E-state index contributed by atoms with van der Waals surface area (Å²) in [5.74, 6) is 0. The van der Waals surface area contributed by atoms with E-state index in [0.717, 1.165) is 65.0 Å². The van der Waals surface area contributed by atoms with Gasteiger partial charge in [-0.25, -0.2) is 4.68 Å². The minimum absolute atomic E-state index is 0.00206. The first-order chi connectivity index (χ1) is 14.7. The Morgan fingerprint density at radius 1 is 1.26 bits per heavy atom. The largest absolute Gasteiger partial charge is 0.361 e. The molecule has 9 heteroatoms. The lowest BCUT2D eigenvalue weighted by molar-refractivity contribution is -0.0394. The van der Waals surface area contributed by atoms with Crippen LogP contribution in [0, 0.1) is 0 Å². The summed E-state index contributed by atoms with van der Waals surface area (Å²) in [5, 5.41) is 6.64. The van der Waals surface area contributed by atoms with Crippen molar-refractivity contribution in [2.45, 2.75) is 57.9 Å². The lowest BCUT2D eigenvalue weighted by Crippen LogP contribution is -2.21. The molecule has 1 aliphatic rings. The van der Waals surface area contributed by atoms with Gasteiger partial charge in [0.15, 0.2) is 0 Å². The Kier molecular flexibility index (Phi) is 7.20. The zero-order chi connectivity index (χ0) is 22.2. The topological polar surface area (TPSA) is 41.2 Å². The van der Waals surface area contributed by atoms with Crippen molar-refractivity contribution in [1.29, 1.82) is 0 Å². The van der Waals surface area contributed by atoms with Gasteiger partial charge in [0.05, 0.1) is 21.8 Å². The zero-order valence-electron chi connectivity index (χ0n) is 18.1. The third-order valence-corrected chi connectivity index (χ3v) is 8.69. The van der Waals surface area contributed by atoms with Gasteiger partial charge in [-0.15, -0.1) is 0 Å². The molecule has 168 valence electrons. The summed E-state index contributed by atoms with van der Waals surface area (Å²) in [6.07, 6.45) is 9.28. The Hall–Kier alpha value is -0.833. The second-order valence-electron chi connectivity index (χ2n) is 9.27. The Bertz CT molecular complexity index is 1070. The van der Waals surface area contributed by atoms with Crippen molar-refractivity contribution in [3.05, 3.63) is 39.2 Å². The summed E-state index contributed by atoms with van der Waals surface area (Å²) in [6, 6.07) is 2.96. The van der Waals surface area contributed by atoms with Gasteiger partial charge in [0, 0.05) is 54.7 Å². The van der Waals surface area contributed by atoms with E-state index in [1.165, 1.54) is 0 Å². The number of fused-ring (bicyclic) bond motifs is 1. The van der Waals surface area contributed by atoms with E-state index in [1.54, 1.807) is 0 Å². The number of nitrogens with zero attached hydrogens (tertiary/aromatic N) is 3. The monoisotopic (exact) mass is 543 g/mol. The number of rotatable bonds is 7. The van der Waals surface area contributed by atoms with Crippen molar-refractivity contribution in [3.63, 3.8) is 0 Å². The maximum atomic E-state index is 6.65. The van der Waals surface area contributed by atoms with Crippen molar-refractivity contribution in [2.24, 2.45) is 0 Å². The molecule has 1 fully saturated rings. The quantitative estimate of drug-likeness (QED) is 0.175.